The number of hydrogen-bond donors (Lipinski definition) is 1. The van der Waals surface area contributed by atoms with Crippen molar-refractivity contribution in [2.75, 3.05) is 19.6 Å². The molecule has 146 valence electrons. The molecule has 0 bridgehead atoms. The Morgan fingerprint density at radius 3 is 2.41 bits per heavy atom. The van der Waals surface area contributed by atoms with E-state index in [4.69, 9.17) is 0 Å². The summed E-state index contributed by atoms with van der Waals surface area (Å²) >= 11 is 0. The third-order valence-electron chi connectivity index (χ3n) is 5.99. The number of hydrogen-bond acceptors (Lipinski definition) is 4. The van der Waals surface area contributed by atoms with Crippen LogP contribution in [0.25, 0.3) is 16.9 Å². The predicted octanol–water partition coefficient (Wildman–Crippen LogP) is 1.27. The van der Waals surface area contributed by atoms with Crippen molar-refractivity contribution in [2.45, 2.75) is 40.7 Å². The van der Waals surface area contributed by atoms with Gasteiger partial charge in [-0.05, 0) is 32.1 Å². The Balaban J connectivity index is 1.77. The smallest absolute Gasteiger partial charge is 0.313 e. The van der Waals surface area contributed by atoms with E-state index in [1.807, 2.05) is 11.3 Å². The quantitative estimate of drug-likeness (QED) is 0.751. The summed E-state index contributed by atoms with van der Waals surface area (Å²) in [4.78, 5) is 33.9. The summed E-state index contributed by atoms with van der Waals surface area (Å²) in [6.45, 7) is 12.7. The molecule has 0 amide bonds. The van der Waals surface area contributed by atoms with Crippen molar-refractivity contribution in [2.24, 2.45) is 18.9 Å². The molecule has 1 aliphatic heterocycles. The summed E-state index contributed by atoms with van der Waals surface area (Å²) in [5.74, 6) is 2.18. The van der Waals surface area contributed by atoms with E-state index in [1.54, 1.807) is 7.05 Å². The number of rotatable bonds is 3. The minimum absolute atomic E-state index is 0.389. The summed E-state index contributed by atoms with van der Waals surface area (Å²) in [6.07, 6.45) is 1.30. The lowest BCUT2D eigenvalue weighted by Gasteiger charge is -2.35. The van der Waals surface area contributed by atoms with Crippen LogP contribution in [0.15, 0.2) is 9.59 Å². The number of aryl methyl sites for hydroxylation is 2. The van der Waals surface area contributed by atoms with Crippen molar-refractivity contribution in [3.63, 3.8) is 0 Å². The Labute approximate surface area is 157 Å². The second-order valence-corrected chi connectivity index (χ2v) is 8.27. The molecule has 3 aromatic rings. The highest BCUT2D eigenvalue weighted by Gasteiger charge is 2.23. The predicted molar refractivity (Wildman–Crippen MR) is 105 cm³/mol. The Kier molecular flexibility index (Phi) is 4.25. The number of likely N-dealkylation sites (tertiary alicyclic amines) is 1. The maximum absolute atomic E-state index is 12.4. The van der Waals surface area contributed by atoms with Crippen LogP contribution in [-0.4, -0.2) is 48.0 Å². The van der Waals surface area contributed by atoms with Crippen molar-refractivity contribution in [1.29, 1.82) is 0 Å². The molecule has 0 aromatic carbocycles. The number of nitrogens with zero attached hydrogens (tertiary/aromatic N) is 5. The van der Waals surface area contributed by atoms with Crippen LogP contribution in [0.5, 0.6) is 0 Å². The number of fused-ring (bicyclic) bond motifs is 3. The molecule has 0 radical (unpaired) electrons. The van der Waals surface area contributed by atoms with Gasteiger partial charge in [0.2, 0.25) is 5.78 Å². The Hall–Kier alpha value is -2.35. The lowest BCUT2D eigenvalue weighted by molar-refractivity contribution is 0.137. The lowest BCUT2D eigenvalue weighted by Crippen LogP contribution is -2.40. The molecule has 2 unspecified atom stereocenters. The van der Waals surface area contributed by atoms with Crippen LogP contribution >= 0.6 is 0 Å². The largest absolute Gasteiger partial charge is 0.329 e. The van der Waals surface area contributed by atoms with Gasteiger partial charge in [-0.25, -0.2) is 4.79 Å². The van der Waals surface area contributed by atoms with E-state index in [9.17, 15) is 9.59 Å². The first-order chi connectivity index (χ1) is 12.8. The zero-order valence-corrected chi connectivity index (χ0v) is 16.7. The fraction of sp³-hybridized carbons (Fsp3) is 0.632. The van der Waals surface area contributed by atoms with Crippen LogP contribution in [0.2, 0.25) is 0 Å². The average Bonchev–Trinajstić information content (AvgIpc) is 3.08. The number of aromatic nitrogens is 5. The number of aromatic amines is 1. The van der Waals surface area contributed by atoms with E-state index >= 15 is 0 Å². The van der Waals surface area contributed by atoms with E-state index in [2.05, 4.69) is 40.2 Å². The molecule has 0 saturated carbocycles. The first-order valence-electron chi connectivity index (χ1n) is 9.67. The zero-order chi connectivity index (χ0) is 19.5. The fourth-order valence-electron chi connectivity index (χ4n) is 4.66. The van der Waals surface area contributed by atoms with Crippen molar-refractivity contribution in [3.8, 4) is 0 Å². The van der Waals surface area contributed by atoms with Crippen molar-refractivity contribution in [1.82, 2.24) is 28.4 Å². The highest BCUT2D eigenvalue weighted by molar-refractivity contribution is 5.76. The van der Waals surface area contributed by atoms with Crippen LogP contribution in [0.4, 0.5) is 0 Å². The molecule has 27 heavy (non-hydrogen) atoms. The van der Waals surface area contributed by atoms with Gasteiger partial charge in [0.05, 0.1) is 0 Å². The Morgan fingerprint density at radius 1 is 1.07 bits per heavy atom. The number of H-pyrrole nitrogens is 1. The molecular weight excluding hydrogens is 344 g/mol. The summed E-state index contributed by atoms with van der Waals surface area (Å²) < 4.78 is 5.45. The molecule has 1 fully saturated rings. The maximum Gasteiger partial charge on any atom is 0.329 e. The van der Waals surface area contributed by atoms with Crippen LogP contribution < -0.4 is 11.2 Å². The van der Waals surface area contributed by atoms with Crippen LogP contribution in [-0.2, 0) is 13.6 Å². The minimum Gasteiger partial charge on any atom is -0.313 e. The standard InChI is InChI=1S/C19H28N6O2/c1-11-8-12(2)10-23(9-11)6-7-24-13(3)14(4)25-15-16(20-18(24)25)22(5)19(27)21-17(15)26/h11-12H,6-10H2,1-5H3,(H,21,26,27). The average molecular weight is 372 g/mol. The van der Waals surface area contributed by atoms with Gasteiger partial charge in [0.15, 0.2) is 11.2 Å². The van der Waals surface area contributed by atoms with Gasteiger partial charge in [-0.1, -0.05) is 13.8 Å². The van der Waals surface area contributed by atoms with E-state index in [0.29, 0.717) is 11.2 Å². The summed E-state index contributed by atoms with van der Waals surface area (Å²) in [5, 5.41) is 0. The first kappa shape index (κ1) is 18.0. The van der Waals surface area contributed by atoms with Crippen molar-refractivity contribution in [3.05, 3.63) is 32.2 Å². The minimum atomic E-state index is -0.439. The second kappa shape index (κ2) is 6.37. The molecule has 8 nitrogen and oxygen atoms in total. The molecule has 8 heteroatoms. The fourth-order valence-corrected chi connectivity index (χ4v) is 4.66. The SMILES string of the molecule is Cc1c(C)n2c3c(=O)[nH]c(=O)n(C)c3nc2n1CCN1CC(C)CC(C)C1. The molecule has 1 saturated heterocycles. The molecule has 0 aliphatic carbocycles. The second-order valence-electron chi connectivity index (χ2n) is 8.27. The highest BCUT2D eigenvalue weighted by Crippen LogP contribution is 2.23. The molecule has 2 atom stereocenters. The molecule has 3 aromatic heterocycles. The summed E-state index contributed by atoms with van der Waals surface area (Å²) in [5.41, 5.74) is 2.12. The van der Waals surface area contributed by atoms with Gasteiger partial charge in [-0.15, -0.1) is 0 Å². The van der Waals surface area contributed by atoms with Gasteiger partial charge in [0.25, 0.3) is 5.56 Å². The van der Waals surface area contributed by atoms with E-state index in [-0.39, 0.29) is 5.56 Å². The van der Waals surface area contributed by atoms with Crippen molar-refractivity contribution >= 4 is 16.9 Å². The molecular formula is C19H28N6O2. The third kappa shape index (κ3) is 2.82. The van der Waals surface area contributed by atoms with Gasteiger partial charge < -0.3 is 9.47 Å². The van der Waals surface area contributed by atoms with Gasteiger partial charge >= 0.3 is 5.69 Å². The lowest BCUT2D eigenvalue weighted by atomic mass is 9.92. The van der Waals surface area contributed by atoms with E-state index in [1.165, 1.54) is 11.0 Å². The summed E-state index contributed by atoms with van der Waals surface area (Å²) in [7, 11) is 1.64. The van der Waals surface area contributed by atoms with Crippen LogP contribution in [0.3, 0.4) is 0 Å². The molecule has 1 N–H and O–H groups in total. The van der Waals surface area contributed by atoms with Crippen molar-refractivity contribution < 1.29 is 0 Å². The van der Waals surface area contributed by atoms with Gasteiger partial charge in [0, 0.05) is 44.6 Å². The molecule has 1 aliphatic rings. The topological polar surface area (TPSA) is 80.3 Å². The number of imidazole rings is 2. The Bertz CT molecular complexity index is 1120. The zero-order valence-electron chi connectivity index (χ0n) is 16.7. The number of nitrogens with one attached hydrogen (secondary N) is 1. The summed E-state index contributed by atoms with van der Waals surface area (Å²) in [6, 6.07) is 0. The first-order valence-corrected chi connectivity index (χ1v) is 9.67. The van der Waals surface area contributed by atoms with Gasteiger partial charge in [-0.2, -0.15) is 4.98 Å². The van der Waals surface area contributed by atoms with Crippen LogP contribution in [0, 0.1) is 25.7 Å². The van der Waals surface area contributed by atoms with E-state index in [0.717, 1.165) is 55.2 Å². The Morgan fingerprint density at radius 2 is 1.74 bits per heavy atom. The monoisotopic (exact) mass is 372 g/mol. The third-order valence-corrected chi connectivity index (χ3v) is 5.99. The molecule has 4 heterocycles. The van der Waals surface area contributed by atoms with Gasteiger partial charge in [0.1, 0.15) is 0 Å². The normalized spacial score (nSPS) is 21.5. The molecule has 4 rings (SSSR count). The van der Waals surface area contributed by atoms with E-state index < -0.39 is 5.69 Å². The number of piperidine rings is 1. The van der Waals surface area contributed by atoms with Crippen LogP contribution in [0.1, 0.15) is 31.7 Å². The maximum atomic E-state index is 12.4. The highest BCUT2D eigenvalue weighted by atomic mass is 16.2. The van der Waals surface area contributed by atoms with Gasteiger partial charge in [-0.3, -0.25) is 18.7 Å². The molecule has 0 spiro atoms.